The van der Waals surface area contributed by atoms with E-state index < -0.39 is 0 Å². The second-order valence-corrected chi connectivity index (χ2v) is 4.11. The lowest BCUT2D eigenvalue weighted by Gasteiger charge is -2.05. The summed E-state index contributed by atoms with van der Waals surface area (Å²) in [6.07, 6.45) is 6.52. The minimum absolute atomic E-state index is 0.625. The molecule has 0 N–H and O–H groups in total. The van der Waals surface area contributed by atoms with Crippen LogP contribution in [0.25, 0.3) is 11.0 Å². The second-order valence-electron chi connectivity index (χ2n) is 4.11. The zero-order chi connectivity index (χ0) is 11.9. The maximum absolute atomic E-state index is 5.59. The molecule has 0 atom stereocenters. The average Bonchev–Trinajstić information content (AvgIpc) is 2.38. The van der Waals surface area contributed by atoms with Crippen molar-refractivity contribution in [1.82, 2.24) is 9.97 Å². The van der Waals surface area contributed by atoms with Gasteiger partial charge in [-0.3, -0.25) is 0 Å². The van der Waals surface area contributed by atoms with Crippen LogP contribution in [0.5, 0.6) is 5.88 Å². The molecule has 0 saturated carbocycles. The molecule has 0 radical (unpaired) electrons. The first-order chi connectivity index (χ1) is 8.40. The van der Waals surface area contributed by atoms with Gasteiger partial charge in [0.2, 0.25) is 5.88 Å². The number of nitrogens with zero attached hydrogens (tertiary/aromatic N) is 2. The molecule has 3 nitrogen and oxygen atoms in total. The van der Waals surface area contributed by atoms with E-state index in [1.807, 2.05) is 24.3 Å². The van der Waals surface area contributed by atoms with Crippen LogP contribution in [-0.2, 0) is 0 Å². The molecule has 3 heteroatoms. The third-order valence-electron chi connectivity index (χ3n) is 2.67. The highest BCUT2D eigenvalue weighted by atomic mass is 16.5. The maximum atomic E-state index is 5.59. The standard InChI is InChI=1S/C14H18N2O/c1-2-3-4-7-10-17-14-11-15-12-8-5-6-9-13(12)16-14/h5-6,8-9,11H,2-4,7,10H2,1H3. The van der Waals surface area contributed by atoms with Gasteiger partial charge in [0, 0.05) is 0 Å². The van der Waals surface area contributed by atoms with Crippen LogP contribution in [0.15, 0.2) is 30.5 Å². The number of hydrogen-bond acceptors (Lipinski definition) is 3. The van der Waals surface area contributed by atoms with Gasteiger partial charge in [-0.05, 0) is 18.6 Å². The molecule has 90 valence electrons. The minimum Gasteiger partial charge on any atom is -0.477 e. The van der Waals surface area contributed by atoms with Crippen molar-refractivity contribution in [2.24, 2.45) is 0 Å². The van der Waals surface area contributed by atoms with Crippen molar-refractivity contribution < 1.29 is 4.74 Å². The summed E-state index contributed by atoms with van der Waals surface area (Å²) in [5.41, 5.74) is 1.80. The topological polar surface area (TPSA) is 35.0 Å². The van der Waals surface area contributed by atoms with Gasteiger partial charge in [-0.25, -0.2) is 9.97 Å². The number of fused-ring (bicyclic) bond motifs is 1. The zero-order valence-corrected chi connectivity index (χ0v) is 10.2. The van der Waals surface area contributed by atoms with Gasteiger partial charge in [0.15, 0.2) is 0 Å². The van der Waals surface area contributed by atoms with E-state index >= 15 is 0 Å². The first-order valence-electron chi connectivity index (χ1n) is 6.24. The zero-order valence-electron chi connectivity index (χ0n) is 10.2. The number of hydrogen-bond donors (Lipinski definition) is 0. The van der Waals surface area contributed by atoms with Gasteiger partial charge in [0.1, 0.15) is 0 Å². The van der Waals surface area contributed by atoms with Crippen molar-refractivity contribution >= 4 is 11.0 Å². The Morgan fingerprint density at radius 3 is 2.71 bits per heavy atom. The summed E-state index contributed by atoms with van der Waals surface area (Å²) in [5, 5.41) is 0. The van der Waals surface area contributed by atoms with E-state index in [0.717, 1.165) is 24.1 Å². The van der Waals surface area contributed by atoms with Crippen LogP contribution in [0, 0.1) is 0 Å². The molecule has 0 saturated heterocycles. The van der Waals surface area contributed by atoms with Gasteiger partial charge in [0.05, 0.1) is 23.8 Å². The predicted molar refractivity (Wildman–Crippen MR) is 69.2 cm³/mol. The van der Waals surface area contributed by atoms with Gasteiger partial charge < -0.3 is 4.74 Å². The highest BCUT2D eigenvalue weighted by Crippen LogP contribution is 2.13. The number of benzene rings is 1. The SMILES string of the molecule is CCCCCCOc1cnc2ccccc2n1. The largest absolute Gasteiger partial charge is 0.477 e. The lowest BCUT2D eigenvalue weighted by Crippen LogP contribution is -1.99. The monoisotopic (exact) mass is 230 g/mol. The molecule has 17 heavy (non-hydrogen) atoms. The molecule has 0 aliphatic heterocycles. The second kappa shape index (κ2) is 6.18. The van der Waals surface area contributed by atoms with E-state index in [1.54, 1.807) is 6.20 Å². The van der Waals surface area contributed by atoms with Gasteiger partial charge in [-0.1, -0.05) is 38.3 Å². The Morgan fingerprint density at radius 1 is 1.06 bits per heavy atom. The average molecular weight is 230 g/mol. The van der Waals surface area contributed by atoms with Gasteiger partial charge >= 0.3 is 0 Å². The summed E-state index contributed by atoms with van der Waals surface area (Å²) in [6.45, 7) is 2.93. The van der Waals surface area contributed by atoms with Crippen LogP contribution < -0.4 is 4.74 Å². The smallest absolute Gasteiger partial charge is 0.232 e. The number of aromatic nitrogens is 2. The molecular formula is C14H18N2O. The van der Waals surface area contributed by atoms with Crippen LogP contribution in [-0.4, -0.2) is 16.6 Å². The highest BCUT2D eigenvalue weighted by molar-refractivity contribution is 5.73. The van der Waals surface area contributed by atoms with E-state index in [1.165, 1.54) is 19.3 Å². The molecule has 1 aromatic heterocycles. The lowest BCUT2D eigenvalue weighted by molar-refractivity contribution is 0.294. The van der Waals surface area contributed by atoms with Gasteiger partial charge in [0.25, 0.3) is 0 Å². The van der Waals surface area contributed by atoms with Gasteiger partial charge in [-0.2, -0.15) is 0 Å². The fraction of sp³-hybridized carbons (Fsp3) is 0.429. The molecule has 0 bridgehead atoms. The molecule has 0 aliphatic rings. The van der Waals surface area contributed by atoms with Crippen molar-refractivity contribution in [1.29, 1.82) is 0 Å². The Bertz CT molecular complexity index is 470. The number of unbranched alkanes of at least 4 members (excludes halogenated alkanes) is 3. The maximum Gasteiger partial charge on any atom is 0.232 e. The Kier molecular flexibility index (Phi) is 4.30. The summed E-state index contributed by atoms with van der Waals surface area (Å²) in [5.74, 6) is 0.625. The Hall–Kier alpha value is -1.64. The molecule has 1 aromatic carbocycles. The van der Waals surface area contributed by atoms with Crippen LogP contribution in [0.4, 0.5) is 0 Å². The summed E-state index contributed by atoms with van der Waals surface area (Å²) in [4.78, 5) is 8.72. The highest BCUT2D eigenvalue weighted by Gasteiger charge is 1.99. The van der Waals surface area contributed by atoms with Crippen molar-refractivity contribution in [2.75, 3.05) is 6.61 Å². The summed E-state index contributed by atoms with van der Waals surface area (Å²) < 4.78 is 5.59. The van der Waals surface area contributed by atoms with E-state index in [-0.39, 0.29) is 0 Å². The summed E-state index contributed by atoms with van der Waals surface area (Å²) >= 11 is 0. The van der Waals surface area contributed by atoms with Gasteiger partial charge in [-0.15, -0.1) is 0 Å². The molecule has 0 fully saturated rings. The first kappa shape index (κ1) is 11.8. The molecule has 0 aliphatic carbocycles. The fourth-order valence-electron chi connectivity index (χ4n) is 1.72. The molecule has 0 spiro atoms. The van der Waals surface area contributed by atoms with Crippen LogP contribution in [0.1, 0.15) is 32.6 Å². The molecule has 1 heterocycles. The van der Waals surface area contributed by atoms with Crippen LogP contribution >= 0.6 is 0 Å². The molecule has 2 rings (SSSR count). The normalized spacial score (nSPS) is 10.6. The Morgan fingerprint density at radius 2 is 1.88 bits per heavy atom. The number of rotatable bonds is 6. The van der Waals surface area contributed by atoms with Crippen molar-refractivity contribution in [3.05, 3.63) is 30.5 Å². The van der Waals surface area contributed by atoms with Crippen molar-refractivity contribution in [3.8, 4) is 5.88 Å². The summed E-state index contributed by atoms with van der Waals surface area (Å²) in [6, 6.07) is 7.82. The third-order valence-corrected chi connectivity index (χ3v) is 2.67. The predicted octanol–water partition coefficient (Wildman–Crippen LogP) is 3.59. The van der Waals surface area contributed by atoms with E-state index in [2.05, 4.69) is 16.9 Å². The Balaban J connectivity index is 1.90. The van der Waals surface area contributed by atoms with E-state index in [9.17, 15) is 0 Å². The molecular weight excluding hydrogens is 212 g/mol. The van der Waals surface area contributed by atoms with Crippen LogP contribution in [0.3, 0.4) is 0 Å². The third kappa shape index (κ3) is 3.41. The minimum atomic E-state index is 0.625. The molecule has 2 aromatic rings. The quantitative estimate of drug-likeness (QED) is 0.711. The number of para-hydroxylation sites is 2. The fourth-order valence-corrected chi connectivity index (χ4v) is 1.72. The lowest BCUT2D eigenvalue weighted by atomic mass is 10.2. The van der Waals surface area contributed by atoms with Crippen molar-refractivity contribution in [2.45, 2.75) is 32.6 Å². The summed E-state index contributed by atoms with van der Waals surface area (Å²) in [7, 11) is 0. The Labute approximate surface area is 102 Å². The number of ether oxygens (including phenoxy) is 1. The van der Waals surface area contributed by atoms with E-state index in [4.69, 9.17) is 4.74 Å². The van der Waals surface area contributed by atoms with Crippen LogP contribution in [0.2, 0.25) is 0 Å². The van der Waals surface area contributed by atoms with Crippen molar-refractivity contribution in [3.63, 3.8) is 0 Å². The first-order valence-corrected chi connectivity index (χ1v) is 6.24. The van der Waals surface area contributed by atoms with E-state index in [0.29, 0.717) is 5.88 Å². The molecule has 0 amide bonds. The molecule has 0 unspecified atom stereocenters.